The summed E-state index contributed by atoms with van der Waals surface area (Å²) in [5.41, 5.74) is 2.11. The summed E-state index contributed by atoms with van der Waals surface area (Å²) in [6, 6.07) is 4.88. The first-order chi connectivity index (χ1) is 11.6. The van der Waals surface area contributed by atoms with E-state index in [9.17, 15) is 26.4 Å². The van der Waals surface area contributed by atoms with Gasteiger partial charge in [-0.2, -0.15) is 13.2 Å². The molecule has 8 heteroatoms. The molecule has 0 aliphatic heterocycles. The summed E-state index contributed by atoms with van der Waals surface area (Å²) in [7, 11) is -3.72. The van der Waals surface area contributed by atoms with Crippen molar-refractivity contribution < 1.29 is 26.4 Å². The van der Waals surface area contributed by atoms with Crippen molar-refractivity contribution >= 4 is 15.7 Å². The van der Waals surface area contributed by atoms with E-state index in [1.807, 2.05) is 0 Å². The molecule has 0 heterocycles. The SMILES string of the molecule is C=CCN(CC(F)(F)F)C(=O)CCS(=O)(=O)c1ccc2c(c1)CCC2. The number of carbonyl (C=O) groups excluding carboxylic acids is 1. The van der Waals surface area contributed by atoms with Crippen molar-refractivity contribution in [3.05, 3.63) is 42.0 Å². The van der Waals surface area contributed by atoms with Crippen LogP contribution in [0.5, 0.6) is 0 Å². The number of carbonyl (C=O) groups is 1. The Morgan fingerprint density at radius 3 is 2.56 bits per heavy atom. The Morgan fingerprint density at radius 2 is 1.92 bits per heavy atom. The first kappa shape index (κ1) is 19.5. The van der Waals surface area contributed by atoms with Crippen molar-refractivity contribution in [2.24, 2.45) is 0 Å². The van der Waals surface area contributed by atoms with Crippen molar-refractivity contribution in [3.63, 3.8) is 0 Å². The molecular formula is C17H20F3NO3S. The lowest BCUT2D eigenvalue weighted by Crippen LogP contribution is -2.39. The average Bonchev–Trinajstić information content (AvgIpc) is 2.98. The zero-order chi connectivity index (χ0) is 18.7. The van der Waals surface area contributed by atoms with Gasteiger partial charge in [0.05, 0.1) is 10.6 Å². The van der Waals surface area contributed by atoms with E-state index < -0.39 is 40.6 Å². The maximum absolute atomic E-state index is 12.5. The number of alkyl halides is 3. The van der Waals surface area contributed by atoms with Gasteiger partial charge in [-0.25, -0.2) is 8.42 Å². The molecule has 0 fully saturated rings. The second-order valence-electron chi connectivity index (χ2n) is 6.03. The number of amides is 1. The van der Waals surface area contributed by atoms with E-state index in [4.69, 9.17) is 0 Å². The molecule has 4 nitrogen and oxygen atoms in total. The van der Waals surface area contributed by atoms with Crippen LogP contribution in [0.2, 0.25) is 0 Å². The van der Waals surface area contributed by atoms with Gasteiger partial charge < -0.3 is 4.90 Å². The highest BCUT2D eigenvalue weighted by atomic mass is 32.2. The highest BCUT2D eigenvalue weighted by molar-refractivity contribution is 7.91. The average molecular weight is 375 g/mol. The standard InChI is InChI=1S/C17H20F3NO3S/c1-2-9-21(12-17(18,19)20)16(22)8-10-25(23,24)15-7-6-13-4-3-5-14(13)11-15/h2,6-7,11H,1,3-5,8-10,12H2. The molecule has 1 aliphatic rings. The quantitative estimate of drug-likeness (QED) is 0.689. The number of nitrogens with zero attached hydrogens (tertiary/aromatic N) is 1. The minimum absolute atomic E-state index is 0.118. The summed E-state index contributed by atoms with van der Waals surface area (Å²) in [4.78, 5) is 12.7. The molecule has 1 aliphatic carbocycles. The van der Waals surface area contributed by atoms with E-state index >= 15 is 0 Å². The molecule has 0 unspecified atom stereocenters. The van der Waals surface area contributed by atoms with Crippen LogP contribution in [0.3, 0.4) is 0 Å². The summed E-state index contributed by atoms with van der Waals surface area (Å²) >= 11 is 0. The van der Waals surface area contributed by atoms with Crippen LogP contribution >= 0.6 is 0 Å². The van der Waals surface area contributed by atoms with Crippen LogP contribution in [0, 0.1) is 0 Å². The molecule has 0 saturated carbocycles. The largest absolute Gasteiger partial charge is 0.406 e. The van der Waals surface area contributed by atoms with Crippen LogP contribution in [0.1, 0.15) is 24.0 Å². The van der Waals surface area contributed by atoms with Gasteiger partial charge in [0.1, 0.15) is 6.54 Å². The number of hydrogen-bond acceptors (Lipinski definition) is 3. The molecule has 1 amide bonds. The fraction of sp³-hybridized carbons (Fsp3) is 0.471. The van der Waals surface area contributed by atoms with Crippen LogP contribution in [0.25, 0.3) is 0 Å². The van der Waals surface area contributed by atoms with Crippen LogP contribution in [0.4, 0.5) is 13.2 Å². The number of hydrogen-bond donors (Lipinski definition) is 0. The topological polar surface area (TPSA) is 54.5 Å². The van der Waals surface area contributed by atoms with Crippen LogP contribution < -0.4 is 0 Å². The van der Waals surface area contributed by atoms with Crippen molar-refractivity contribution in [1.29, 1.82) is 0 Å². The predicted molar refractivity (Wildman–Crippen MR) is 88.0 cm³/mol. The van der Waals surface area contributed by atoms with Crippen molar-refractivity contribution in [2.75, 3.05) is 18.8 Å². The van der Waals surface area contributed by atoms with Crippen molar-refractivity contribution in [2.45, 2.75) is 36.8 Å². The third-order valence-electron chi connectivity index (χ3n) is 4.09. The second kappa shape index (κ2) is 7.59. The number of fused-ring (bicyclic) bond motifs is 1. The van der Waals surface area contributed by atoms with Crippen molar-refractivity contribution in [3.8, 4) is 0 Å². The second-order valence-corrected chi connectivity index (χ2v) is 8.14. The smallest absolute Gasteiger partial charge is 0.330 e. The Hall–Kier alpha value is -1.83. The van der Waals surface area contributed by atoms with Gasteiger partial charge in [0.25, 0.3) is 0 Å². The van der Waals surface area contributed by atoms with Crippen molar-refractivity contribution in [1.82, 2.24) is 4.90 Å². The summed E-state index contributed by atoms with van der Waals surface area (Å²) < 4.78 is 62.3. The zero-order valence-electron chi connectivity index (χ0n) is 13.7. The Labute approximate surface area is 145 Å². The molecule has 0 saturated heterocycles. The number of benzene rings is 1. The summed E-state index contributed by atoms with van der Waals surface area (Å²) in [6.07, 6.45) is -1.15. The fourth-order valence-corrected chi connectivity index (χ4v) is 4.14. The maximum atomic E-state index is 12.5. The molecule has 138 valence electrons. The van der Waals surface area contributed by atoms with Gasteiger partial charge in [-0.15, -0.1) is 6.58 Å². The third kappa shape index (κ3) is 5.32. The van der Waals surface area contributed by atoms with Gasteiger partial charge in [-0.3, -0.25) is 4.79 Å². The lowest BCUT2D eigenvalue weighted by molar-refractivity contribution is -0.159. The number of sulfone groups is 1. The molecule has 0 radical (unpaired) electrons. The maximum Gasteiger partial charge on any atom is 0.406 e. The molecular weight excluding hydrogens is 355 g/mol. The molecule has 1 aromatic carbocycles. The molecule has 2 rings (SSSR count). The Morgan fingerprint density at radius 1 is 1.24 bits per heavy atom. The molecule has 0 spiro atoms. The Balaban J connectivity index is 2.05. The Bertz CT molecular complexity index is 757. The number of aryl methyl sites for hydroxylation is 2. The molecule has 0 bridgehead atoms. The molecule has 0 atom stereocenters. The highest BCUT2D eigenvalue weighted by Gasteiger charge is 2.32. The lowest BCUT2D eigenvalue weighted by atomic mass is 10.1. The lowest BCUT2D eigenvalue weighted by Gasteiger charge is -2.22. The summed E-state index contributed by atoms with van der Waals surface area (Å²) in [6.45, 7) is 1.62. The first-order valence-electron chi connectivity index (χ1n) is 7.92. The number of rotatable bonds is 7. The fourth-order valence-electron chi connectivity index (χ4n) is 2.87. The normalized spacial score (nSPS) is 14.2. The van der Waals surface area contributed by atoms with E-state index in [1.54, 1.807) is 12.1 Å². The van der Waals surface area contributed by atoms with Crippen LogP contribution in [-0.2, 0) is 27.5 Å². The summed E-state index contributed by atoms with van der Waals surface area (Å²) in [5, 5.41) is 0. The van der Waals surface area contributed by atoms with Gasteiger partial charge in [0.15, 0.2) is 9.84 Å². The molecule has 0 N–H and O–H groups in total. The highest BCUT2D eigenvalue weighted by Crippen LogP contribution is 2.25. The number of halogens is 3. The van der Waals surface area contributed by atoms with Crippen LogP contribution in [0.15, 0.2) is 35.7 Å². The third-order valence-corrected chi connectivity index (χ3v) is 5.80. The van der Waals surface area contributed by atoms with E-state index in [2.05, 4.69) is 6.58 Å². The Kier molecular flexibility index (Phi) is 5.92. The van der Waals surface area contributed by atoms with Gasteiger partial charge in [-0.05, 0) is 42.5 Å². The van der Waals surface area contributed by atoms with Crippen LogP contribution in [-0.4, -0.2) is 44.2 Å². The van der Waals surface area contributed by atoms with E-state index in [1.165, 1.54) is 12.1 Å². The van der Waals surface area contributed by atoms with Gasteiger partial charge in [-0.1, -0.05) is 12.1 Å². The molecule has 0 aromatic heterocycles. The van der Waals surface area contributed by atoms with Gasteiger partial charge in [0, 0.05) is 13.0 Å². The van der Waals surface area contributed by atoms with E-state index in [0.717, 1.165) is 30.4 Å². The zero-order valence-corrected chi connectivity index (χ0v) is 14.5. The van der Waals surface area contributed by atoms with E-state index in [-0.39, 0.29) is 11.4 Å². The van der Waals surface area contributed by atoms with E-state index in [0.29, 0.717) is 4.90 Å². The predicted octanol–water partition coefficient (Wildman–Crippen LogP) is 2.92. The molecule has 1 aromatic rings. The first-order valence-corrected chi connectivity index (χ1v) is 9.57. The molecule has 25 heavy (non-hydrogen) atoms. The van der Waals surface area contributed by atoms with Gasteiger partial charge >= 0.3 is 6.18 Å². The minimum atomic E-state index is -4.54. The minimum Gasteiger partial charge on any atom is -0.330 e. The summed E-state index contributed by atoms with van der Waals surface area (Å²) in [5.74, 6) is -1.38. The van der Waals surface area contributed by atoms with Gasteiger partial charge in [0.2, 0.25) is 5.91 Å². The monoisotopic (exact) mass is 375 g/mol.